The van der Waals surface area contributed by atoms with Crippen molar-refractivity contribution in [1.29, 1.82) is 0 Å². The molecule has 30 heavy (non-hydrogen) atoms. The summed E-state index contributed by atoms with van der Waals surface area (Å²) in [6.07, 6.45) is -3.04. The summed E-state index contributed by atoms with van der Waals surface area (Å²) in [5.74, 6) is -1.62. The quantitative estimate of drug-likeness (QED) is 0.507. The predicted molar refractivity (Wildman–Crippen MR) is 106 cm³/mol. The van der Waals surface area contributed by atoms with Crippen LogP contribution >= 0.6 is 12.4 Å². The van der Waals surface area contributed by atoms with Crippen molar-refractivity contribution in [3.63, 3.8) is 0 Å². The molecule has 0 aliphatic carbocycles. The minimum atomic E-state index is -4.67. The van der Waals surface area contributed by atoms with Gasteiger partial charge in [-0.3, -0.25) is 4.79 Å². The van der Waals surface area contributed by atoms with Gasteiger partial charge in [-0.05, 0) is 54.6 Å². The van der Waals surface area contributed by atoms with Crippen molar-refractivity contribution in [3.05, 3.63) is 77.9 Å². The van der Waals surface area contributed by atoms with Crippen LogP contribution < -0.4 is 16.4 Å². The summed E-state index contributed by atoms with van der Waals surface area (Å²) in [4.78, 5) is 23.4. The van der Waals surface area contributed by atoms with Gasteiger partial charge in [0.15, 0.2) is 0 Å². The Labute approximate surface area is 174 Å². The van der Waals surface area contributed by atoms with Gasteiger partial charge < -0.3 is 20.9 Å². The molecular formula is C19H15ClF4N4O2. The SMILES string of the molecule is Cl.NC(=O)c1cccn1-c1ccc(NC(=O)Nc2cc(C(F)(F)F)ccc2F)cc1. The lowest BCUT2D eigenvalue weighted by atomic mass is 10.2. The normalized spacial score (nSPS) is 10.8. The van der Waals surface area contributed by atoms with Gasteiger partial charge in [-0.15, -0.1) is 12.4 Å². The molecule has 0 aliphatic heterocycles. The van der Waals surface area contributed by atoms with Crippen LogP contribution in [0, 0.1) is 5.82 Å². The lowest BCUT2D eigenvalue weighted by molar-refractivity contribution is -0.137. The number of hydrogen-bond donors (Lipinski definition) is 3. The van der Waals surface area contributed by atoms with Crippen LogP contribution in [0.25, 0.3) is 5.69 Å². The van der Waals surface area contributed by atoms with Crippen molar-refractivity contribution in [2.45, 2.75) is 6.18 Å². The van der Waals surface area contributed by atoms with Crippen molar-refractivity contribution in [1.82, 2.24) is 4.57 Å². The molecule has 6 nitrogen and oxygen atoms in total. The standard InChI is InChI=1S/C19H14F4N4O2.ClH/c20-14-8-3-11(19(21,22)23)10-15(14)26-18(29)25-12-4-6-13(7-5-12)27-9-1-2-16(27)17(24)28;/h1-10H,(H2,24,28)(H2,25,26,29);1H. The minimum absolute atomic E-state index is 0. The second-order valence-corrected chi connectivity index (χ2v) is 5.95. The van der Waals surface area contributed by atoms with Crippen molar-refractivity contribution in [2.24, 2.45) is 5.73 Å². The van der Waals surface area contributed by atoms with Crippen molar-refractivity contribution < 1.29 is 27.2 Å². The molecule has 4 N–H and O–H groups in total. The van der Waals surface area contributed by atoms with Crippen molar-refractivity contribution >= 4 is 35.7 Å². The first-order valence-corrected chi connectivity index (χ1v) is 8.17. The van der Waals surface area contributed by atoms with Crippen LogP contribution in [0.2, 0.25) is 0 Å². The molecule has 2 aromatic carbocycles. The fourth-order valence-corrected chi connectivity index (χ4v) is 2.59. The molecule has 0 fully saturated rings. The Morgan fingerprint density at radius 1 is 0.967 bits per heavy atom. The Balaban J connectivity index is 0.00000320. The predicted octanol–water partition coefficient (Wildman–Crippen LogP) is 4.80. The number of primary amides is 1. The molecule has 1 aromatic heterocycles. The van der Waals surface area contributed by atoms with E-state index in [9.17, 15) is 27.2 Å². The zero-order valence-electron chi connectivity index (χ0n) is 15.0. The Hall–Kier alpha value is -3.53. The highest BCUT2D eigenvalue weighted by Crippen LogP contribution is 2.31. The molecule has 0 aliphatic rings. The third kappa shape index (κ3) is 5.09. The number of alkyl halides is 3. The molecule has 3 amide bonds. The Morgan fingerprint density at radius 3 is 2.23 bits per heavy atom. The first kappa shape index (κ1) is 22.8. The number of anilines is 2. The Bertz CT molecular complexity index is 1070. The number of nitrogens with zero attached hydrogens (tertiary/aromatic N) is 1. The number of benzene rings is 2. The number of urea groups is 1. The van der Waals surface area contributed by atoms with Crippen LogP contribution in [0.5, 0.6) is 0 Å². The lowest BCUT2D eigenvalue weighted by Crippen LogP contribution is -2.20. The van der Waals surface area contributed by atoms with Gasteiger partial charge in [-0.1, -0.05) is 0 Å². The smallest absolute Gasteiger partial charge is 0.364 e. The number of carbonyl (C=O) groups is 2. The average molecular weight is 443 g/mol. The minimum Gasteiger partial charge on any atom is -0.364 e. The fraction of sp³-hybridized carbons (Fsp3) is 0.0526. The third-order valence-electron chi connectivity index (χ3n) is 3.95. The summed E-state index contributed by atoms with van der Waals surface area (Å²) < 4.78 is 53.5. The van der Waals surface area contributed by atoms with Crippen molar-refractivity contribution in [3.8, 4) is 5.69 Å². The highest BCUT2D eigenvalue weighted by atomic mass is 35.5. The van der Waals surface area contributed by atoms with E-state index in [2.05, 4.69) is 5.32 Å². The third-order valence-corrected chi connectivity index (χ3v) is 3.95. The number of nitrogens with two attached hydrogens (primary N) is 1. The molecule has 0 saturated carbocycles. The maximum Gasteiger partial charge on any atom is 0.416 e. The average Bonchev–Trinajstić information content (AvgIpc) is 3.13. The number of nitrogens with one attached hydrogen (secondary N) is 2. The van der Waals surface area contributed by atoms with E-state index in [-0.39, 0.29) is 18.1 Å². The van der Waals surface area contributed by atoms with Crippen LogP contribution in [-0.4, -0.2) is 16.5 Å². The number of aromatic nitrogens is 1. The number of rotatable bonds is 4. The van der Waals surface area contributed by atoms with Crippen LogP contribution in [0.3, 0.4) is 0 Å². The van der Waals surface area contributed by atoms with Gasteiger partial charge in [0.25, 0.3) is 5.91 Å². The molecule has 3 rings (SSSR count). The summed E-state index contributed by atoms with van der Waals surface area (Å²) in [5.41, 5.74) is 4.76. The molecule has 1 heterocycles. The van der Waals surface area contributed by atoms with E-state index in [1.165, 1.54) is 12.1 Å². The van der Waals surface area contributed by atoms with E-state index in [0.717, 1.165) is 0 Å². The van der Waals surface area contributed by atoms with Crippen LogP contribution in [0.4, 0.5) is 33.7 Å². The molecule has 3 aromatic rings. The molecule has 0 atom stereocenters. The van der Waals surface area contributed by atoms with E-state index in [0.29, 0.717) is 29.6 Å². The summed E-state index contributed by atoms with van der Waals surface area (Å²) in [7, 11) is 0. The molecule has 0 saturated heterocycles. The molecule has 0 unspecified atom stereocenters. The van der Waals surface area contributed by atoms with Gasteiger partial charge in [0.1, 0.15) is 11.5 Å². The molecule has 11 heteroatoms. The van der Waals surface area contributed by atoms with Gasteiger partial charge in [0.2, 0.25) is 0 Å². The number of hydrogen-bond acceptors (Lipinski definition) is 2. The molecule has 158 valence electrons. The maximum absolute atomic E-state index is 13.7. The largest absolute Gasteiger partial charge is 0.416 e. The van der Waals surface area contributed by atoms with Crippen LogP contribution in [-0.2, 0) is 6.18 Å². The highest BCUT2D eigenvalue weighted by molar-refractivity contribution is 6.00. The summed E-state index contributed by atoms with van der Waals surface area (Å²) >= 11 is 0. The Morgan fingerprint density at radius 2 is 1.63 bits per heavy atom. The monoisotopic (exact) mass is 442 g/mol. The summed E-state index contributed by atoms with van der Waals surface area (Å²) in [5, 5.41) is 4.43. The molecular weight excluding hydrogens is 428 g/mol. The topological polar surface area (TPSA) is 89.2 Å². The number of carbonyl (C=O) groups excluding carboxylic acids is 2. The van der Waals surface area contributed by atoms with E-state index in [1.807, 2.05) is 5.32 Å². The van der Waals surface area contributed by atoms with Crippen LogP contribution in [0.15, 0.2) is 60.8 Å². The number of halogens is 5. The fourth-order valence-electron chi connectivity index (χ4n) is 2.59. The van der Waals surface area contributed by atoms with Gasteiger partial charge in [0.05, 0.1) is 11.3 Å². The van der Waals surface area contributed by atoms with Crippen LogP contribution in [0.1, 0.15) is 16.1 Å². The lowest BCUT2D eigenvalue weighted by Gasteiger charge is -2.12. The van der Waals surface area contributed by atoms with E-state index in [1.54, 1.807) is 35.0 Å². The molecule has 0 bridgehead atoms. The second kappa shape index (κ2) is 8.87. The Kier molecular flexibility index (Phi) is 6.73. The van der Waals surface area contributed by atoms with E-state index >= 15 is 0 Å². The molecule has 0 radical (unpaired) electrons. The second-order valence-electron chi connectivity index (χ2n) is 5.95. The number of amides is 3. The van der Waals surface area contributed by atoms with E-state index in [4.69, 9.17) is 5.73 Å². The van der Waals surface area contributed by atoms with E-state index < -0.39 is 35.2 Å². The summed E-state index contributed by atoms with van der Waals surface area (Å²) in [6, 6.07) is 10.2. The van der Waals surface area contributed by atoms with Crippen molar-refractivity contribution in [2.75, 3.05) is 10.6 Å². The first-order chi connectivity index (χ1) is 13.6. The molecule has 0 spiro atoms. The van der Waals surface area contributed by atoms with Gasteiger partial charge in [0, 0.05) is 17.6 Å². The summed E-state index contributed by atoms with van der Waals surface area (Å²) in [6.45, 7) is 0. The zero-order chi connectivity index (χ0) is 21.2. The first-order valence-electron chi connectivity index (χ1n) is 8.17. The van der Waals surface area contributed by atoms with Gasteiger partial charge >= 0.3 is 12.2 Å². The maximum atomic E-state index is 13.7. The van der Waals surface area contributed by atoms with Gasteiger partial charge in [-0.2, -0.15) is 13.2 Å². The zero-order valence-corrected chi connectivity index (χ0v) is 15.9. The van der Waals surface area contributed by atoms with Gasteiger partial charge in [-0.25, -0.2) is 9.18 Å². The highest BCUT2D eigenvalue weighted by Gasteiger charge is 2.31.